The van der Waals surface area contributed by atoms with Crippen LogP contribution < -0.4 is 5.32 Å². The van der Waals surface area contributed by atoms with Gasteiger partial charge in [-0.15, -0.1) is 0 Å². The molecule has 1 rings (SSSR count). The number of carbonyl (C=O) groups is 2. The molecule has 1 N–H and O–H groups in total. The maximum absolute atomic E-state index is 12.6. The molecule has 0 unspecified atom stereocenters. The molecule has 1 aromatic carbocycles. The van der Waals surface area contributed by atoms with Gasteiger partial charge in [0.05, 0.1) is 5.56 Å². The Morgan fingerprint density at radius 3 is 2.26 bits per heavy atom. The third-order valence-corrected chi connectivity index (χ3v) is 3.13. The van der Waals surface area contributed by atoms with E-state index in [0.717, 1.165) is 25.0 Å². The molecule has 0 aliphatic heterocycles. The number of halogens is 3. The minimum Gasteiger partial charge on any atom is -0.342 e. The Kier molecular flexibility index (Phi) is 7.06. The number of hydrogen-bond donors (Lipinski definition) is 1. The number of carbonyl (C=O) groups excluding carboxylic acids is 2. The van der Waals surface area contributed by atoms with Crippen LogP contribution in [0.15, 0.2) is 24.3 Å². The minimum atomic E-state index is -4.48. The highest BCUT2D eigenvalue weighted by molar-refractivity contribution is 6.03. The highest BCUT2D eigenvalue weighted by Gasteiger charge is 2.30. The van der Waals surface area contributed by atoms with Crippen LogP contribution in [-0.4, -0.2) is 29.8 Å². The highest BCUT2D eigenvalue weighted by Crippen LogP contribution is 2.30. The van der Waals surface area contributed by atoms with Crippen LogP contribution in [0.5, 0.6) is 0 Å². The minimum absolute atomic E-state index is 0.0233. The number of nitrogens with one attached hydrogen (secondary N) is 1. The molecule has 0 heterocycles. The fourth-order valence-electron chi connectivity index (χ4n) is 2.13. The van der Waals surface area contributed by atoms with Crippen LogP contribution >= 0.6 is 0 Å². The van der Waals surface area contributed by atoms with E-state index in [1.54, 1.807) is 4.90 Å². The number of nitrogens with zero attached hydrogens (tertiary/aromatic N) is 1. The Balaban J connectivity index is 2.67. The van der Waals surface area contributed by atoms with Crippen LogP contribution in [-0.2, 0) is 15.8 Å². The van der Waals surface area contributed by atoms with Gasteiger partial charge in [-0.05, 0) is 31.0 Å². The van der Waals surface area contributed by atoms with Crippen molar-refractivity contribution >= 4 is 17.5 Å². The zero-order valence-electron chi connectivity index (χ0n) is 13.2. The molecular weight excluding hydrogens is 309 g/mol. The first-order chi connectivity index (χ1) is 10.8. The summed E-state index contributed by atoms with van der Waals surface area (Å²) in [5.41, 5.74) is -0.824. The predicted octanol–water partition coefficient (Wildman–Crippen LogP) is 3.68. The van der Waals surface area contributed by atoms with Crippen molar-refractivity contribution in [3.63, 3.8) is 0 Å². The number of amides is 2. The first kappa shape index (κ1) is 19.0. The van der Waals surface area contributed by atoms with Gasteiger partial charge in [0.15, 0.2) is 0 Å². The molecule has 0 spiro atoms. The topological polar surface area (TPSA) is 49.4 Å². The number of benzene rings is 1. The molecule has 1 aromatic rings. The lowest BCUT2D eigenvalue weighted by Gasteiger charge is -2.21. The van der Waals surface area contributed by atoms with Crippen molar-refractivity contribution in [1.82, 2.24) is 4.90 Å². The Labute approximate surface area is 133 Å². The molecule has 7 heteroatoms. The first-order valence-corrected chi connectivity index (χ1v) is 7.52. The largest absolute Gasteiger partial charge is 0.416 e. The van der Waals surface area contributed by atoms with Crippen LogP contribution in [0.2, 0.25) is 0 Å². The van der Waals surface area contributed by atoms with Crippen molar-refractivity contribution < 1.29 is 22.8 Å². The van der Waals surface area contributed by atoms with Gasteiger partial charge < -0.3 is 10.2 Å². The summed E-state index contributed by atoms with van der Waals surface area (Å²) in [5.74, 6) is -0.940. The van der Waals surface area contributed by atoms with E-state index < -0.39 is 17.6 Å². The summed E-state index contributed by atoms with van der Waals surface area (Å²) >= 11 is 0. The van der Waals surface area contributed by atoms with Crippen LogP contribution in [0.4, 0.5) is 18.9 Å². The van der Waals surface area contributed by atoms with E-state index in [1.165, 1.54) is 12.1 Å². The molecule has 0 radical (unpaired) electrons. The molecule has 4 nitrogen and oxygen atoms in total. The highest BCUT2D eigenvalue weighted by atomic mass is 19.4. The average molecular weight is 330 g/mol. The van der Waals surface area contributed by atoms with Crippen LogP contribution in [0, 0.1) is 0 Å². The summed E-state index contributed by atoms with van der Waals surface area (Å²) in [6.45, 7) is 4.98. The summed E-state index contributed by atoms with van der Waals surface area (Å²) in [4.78, 5) is 25.5. The number of anilines is 1. The number of alkyl halides is 3. The zero-order valence-corrected chi connectivity index (χ0v) is 13.2. The molecule has 0 saturated heterocycles. The van der Waals surface area contributed by atoms with Gasteiger partial charge in [-0.1, -0.05) is 19.9 Å². The predicted molar refractivity (Wildman–Crippen MR) is 81.9 cm³/mol. The standard InChI is InChI=1S/C16H21F3N2O2/c1-3-8-21(9-4-2)15(23)11-14(22)20-13-7-5-6-12(10-13)16(17,18)19/h5-7,10H,3-4,8-9,11H2,1-2H3,(H,20,22). The third-order valence-electron chi connectivity index (χ3n) is 3.13. The number of hydrogen-bond acceptors (Lipinski definition) is 2. The van der Waals surface area contributed by atoms with Crippen LogP contribution in [0.25, 0.3) is 0 Å². The molecule has 0 aliphatic carbocycles. The van der Waals surface area contributed by atoms with Crippen molar-refractivity contribution in [3.05, 3.63) is 29.8 Å². The van der Waals surface area contributed by atoms with E-state index in [0.29, 0.717) is 13.1 Å². The fourth-order valence-corrected chi connectivity index (χ4v) is 2.13. The molecule has 23 heavy (non-hydrogen) atoms. The van der Waals surface area contributed by atoms with E-state index >= 15 is 0 Å². The van der Waals surface area contributed by atoms with E-state index in [2.05, 4.69) is 5.32 Å². The van der Waals surface area contributed by atoms with Gasteiger partial charge in [0, 0.05) is 18.8 Å². The summed E-state index contributed by atoms with van der Waals surface area (Å²) in [6, 6.07) is 4.33. The molecule has 0 bridgehead atoms. The monoisotopic (exact) mass is 330 g/mol. The smallest absolute Gasteiger partial charge is 0.342 e. The molecule has 2 amide bonds. The van der Waals surface area contributed by atoms with E-state index in [-0.39, 0.29) is 18.0 Å². The SMILES string of the molecule is CCCN(CCC)C(=O)CC(=O)Nc1cccc(C(F)(F)F)c1. The maximum atomic E-state index is 12.6. The van der Waals surface area contributed by atoms with Gasteiger partial charge in [0.1, 0.15) is 6.42 Å². The van der Waals surface area contributed by atoms with Gasteiger partial charge in [-0.3, -0.25) is 9.59 Å². The molecule has 0 atom stereocenters. The van der Waals surface area contributed by atoms with Crippen molar-refractivity contribution in [2.24, 2.45) is 0 Å². The lowest BCUT2D eigenvalue weighted by Crippen LogP contribution is -2.35. The molecule has 0 saturated carbocycles. The lowest BCUT2D eigenvalue weighted by molar-refractivity contribution is -0.138. The molecule has 128 valence electrons. The van der Waals surface area contributed by atoms with Gasteiger partial charge in [0.2, 0.25) is 11.8 Å². The summed E-state index contributed by atoms with van der Waals surface area (Å²) in [5, 5.41) is 2.34. The third kappa shape index (κ3) is 6.30. The second-order valence-corrected chi connectivity index (χ2v) is 5.18. The van der Waals surface area contributed by atoms with Gasteiger partial charge in [-0.25, -0.2) is 0 Å². The Morgan fingerprint density at radius 1 is 1.13 bits per heavy atom. The first-order valence-electron chi connectivity index (χ1n) is 7.52. The van der Waals surface area contributed by atoms with E-state index in [1.807, 2.05) is 13.8 Å². The second kappa shape index (κ2) is 8.55. The van der Waals surface area contributed by atoms with E-state index in [4.69, 9.17) is 0 Å². The Hall–Kier alpha value is -2.05. The quantitative estimate of drug-likeness (QED) is 0.775. The maximum Gasteiger partial charge on any atom is 0.416 e. The fraction of sp³-hybridized carbons (Fsp3) is 0.500. The van der Waals surface area contributed by atoms with Crippen LogP contribution in [0.3, 0.4) is 0 Å². The van der Waals surface area contributed by atoms with Gasteiger partial charge in [-0.2, -0.15) is 13.2 Å². The molecule has 0 fully saturated rings. The Morgan fingerprint density at radius 2 is 1.74 bits per heavy atom. The summed E-state index contributed by atoms with van der Waals surface area (Å²) < 4.78 is 37.9. The van der Waals surface area contributed by atoms with Crippen molar-refractivity contribution in [1.29, 1.82) is 0 Å². The average Bonchev–Trinajstić information content (AvgIpc) is 2.46. The van der Waals surface area contributed by atoms with Crippen LogP contribution in [0.1, 0.15) is 38.7 Å². The van der Waals surface area contributed by atoms with Crippen molar-refractivity contribution in [2.75, 3.05) is 18.4 Å². The van der Waals surface area contributed by atoms with Crippen molar-refractivity contribution in [2.45, 2.75) is 39.3 Å². The summed E-state index contributed by atoms with van der Waals surface area (Å²) in [6.07, 6.45) is -3.30. The van der Waals surface area contributed by atoms with Gasteiger partial charge >= 0.3 is 6.18 Å². The van der Waals surface area contributed by atoms with Crippen molar-refractivity contribution in [3.8, 4) is 0 Å². The molecule has 0 aromatic heterocycles. The normalized spacial score (nSPS) is 11.2. The molecule has 0 aliphatic rings. The number of rotatable bonds is 7. The van der Waals surface area contributed by atoms with Gasteiger partial charge in [0.25, 0.3) is 0 Å². The lowest BCUT2D eigenvalue weighted by atomic mass is 10.2. The Bertz CT molecular complexity index is 538. The second-order valence-electron chi connectivity index (χ2n) is 5.18. The van der Waals surface area contributed by atoms with E-state index in [9.17, 15) is 22.8 Å². The summed E-state index contributed by atoms with van der Waals surface area (Å²) in [7, 11) is 0. The molecular formula is C16H21F3N2O2. The zero-order chi connectivity index (χ0) is 17.5.